The molecule has 3 aromatic rings. The average Bonchev–Trinajstić information content (AvgIpc) is 2.90. The summed E-state index contributed by atoms with van der Waals surface area (Å²) >= 11 is 0. The van der Waals surface area contributed by atoms with Gasteiger partial charge in [-0.3, -0.25) is 4.98 Å². The summed E-state index contributed by atoms with van der Waals surface area (Å²) in [6.45, 7) is 1.30. The molecular formula is C28H28F4N2O3. The predicted octanol–water partition coefficient (Wildman–Crippen LogP) is 4.79. The summed E-state index contributed by atoms with van der Waals surface area (Å²) in [5.74, 6) is 0.984. The lowest BCUT2D eigenvalue weighted by molar-refractivity contribution is -0.0122. The second kappa shape index (κ2) is 11.5. The van der Waals surface area contributed by atoms with E-state index in [9.17, 15) is 27.8 Å². The Kier molecular flexibility index (Phi) is 8.32. The molecule has 0 aliphatic carbocycles. The Balaban J connectivity index is 1.52. The van der Waals surface area contributed by atoms with Crippen molar-refractivity contribution in [3.63, 3.8) is 0 Å². The summed E-state index contributed by atoms with van der Waals surface area (Å²) in [7, 11) is 1.50. The quantitative estimate of drug-likeness (QED) is 0.239. The van der Waals surface area contributed by atoms with E-state index in [1.54, 1.807) is 18.2 Å². The summed E-state index contributed by atoms with van der Waals surface area (Å²) in [5.41, 5.74) is 0.0188. The van der Waals surface area contributed by atoms with E-state index >= 15 is 0 Å². The van der Waals surface area contributed by atoms with Gasteiger partial charge >= 0.3 is 0 Å². The number of pyridine rings is 1. The Labute approximate surface area is 212 Å². The Hall–Kier alpha value is -3.19. The summed E-state index contributed by atoms with van der Waals surface area (Å²) < 4.78 is 60.2. The number of halogens is 4. The lowest BCUT2D eigenvalue weighted by Crippen LogP contribution is -2.44. The highest BCUT2D eigenvalue weighted by Crippen LogP contribution is 2.42. The number of aliphatic hydroxyl groups is 2. The molecule has 5 nitrogen and oxygen atoms in total. The van der Waals surface area contributed by atoms with Crippen LogP contribution in [0.2, 0.25) is 0 Å². The third-order valence-electron chi connectivity index (χ3n) is 7.14. The minimum atomic E-state index is -1.56. The molecule has 0 saturated carbocycles. The molecule has 0 spiro atoms. The highest BCUT2D eigenvalue weighted by atomic mass is 19.2. The van der Waals surface area contributed by atoms with Gasteiger partial charge < -0.3 is 20.3 Å². The van der Waals surface area contributed by atoms with Gasteiger partial charge in [0, 0.05) is 22.9 Å². The van der Waals surface area contributed by atoms with Crippen LogP contribution < -0.4 is 10.1 Å². The van der Waals surface area contributed by atoms with Gasteiger partial charge in [0.1, 0.15) is 11.6 Å². The van der Waals surface area contributed by atoms with Crippen molar-refractivity contribution in [2.45, 2.75) is 44.3 Å². The smallest absolute Gasteiger partial charge is 0.194 e. The first kappa shape index (κ1) is 26.9. The first-order valence-electron chi connectivity index (χ1n) is 12.1. The molecule has 2 heterocycles. The van der Waals surface area contributed by atoms with Gasteiger partial charge in [-0.1, -0.05) is 11.8 Å². The molecule has 1 aromatic heterocycles. The van der Waals surface area contributed by atoms with Crippen molar-refractivity contribution in [3.8, 4) is 17.6 Å². The lowest BCUT2D eigenvalue weighted by Gasteiger charge is -2.41. The van der Waals surface area contributed by atoms with Crippen molar-refractivity contribution < 1.29 is 32.5 Å². The van der Waals surface area contributed by atoms with Crippen LogP contribution in [-0.2, 0) is 0 Å². The van der Waals surface area contributed by atoms with Crippen molar-refractivity contribution in [3.05, 3.63) is 70.9 Å². The van der Waals surface area contributed by atoms with Crippen LogP contribution in [0, 0.1) is 40.5 Å². The van der Waals surface area contributed by atoms with E-state index in [-0.39, 0.29) is 24.0 Å². The van der Waals surface area contributed by atoms with E-state index in [4.69, 9.17) is 4.74 Å². The SMILES string of the molecule is COc1ccc2ncc(F)c([C@H](O)CCC3([C@@H](O)CC#Cc4cc(F)c(F)c(F)c4)CCNCC3)c2c1. The van der Waals surface area contributed by atoms with Gasteiger partial charge in [-0.25, -0.2) is 17.6 Å². The average molecular weight is 517 g/mol. The number of rotatable bonds is 7. The molecule has 0 unspecified atom stereocenters. The van der Waals surface area contributed by atoms with Crippen molar-refractivity contribution in [1.29, 1.82) is 0 Å². The number of piperidine rings is 1. The molecule has 1 aliphatic rings. The molecular weight excluding hydrogens is 488 g/mol. The zero-order chi connectivity index (χ0) is 26.6. The van der Waals surface area contributed by atoms with Gasteiger partial charge in [-0.15, -0.1) is 0 Å². The Bertz CT molecular complexity index is 1310. The fraction of sp³-hybridized carbons (Fsp3) is 0.393. The van der Waals surface area contributed by atoms with E-state index in [0.717, 1.165) is 18.3 Å². The second-order valence-corrected chi connectivity index (χ2v) is 9.35. The van der Waals surface area contributed by atoms with Gasteiger partial charge in [0.15, 0.2) is 17.5 Å². The van der Waals surface area contributed by atoms with Gasteiger partial charge in [-0.05, 0) is 74.5 Å². The topological polar surface area (TPSA) is 74.6 Å². The lowest BCUT2D eigenvalue weighted by atomic mass is 9.69. The molecule has 9 heteroatoms. The summed E-state index contributed by atoms with van der Waals surface area (Å²) in [6, 6.07) is 6.64. The monoisotopic (exact) mass is 516 g/mol. The number of benzene rings is 2. The molecule has 3 N–H and O–H groups in total. The molecule has 0 bridgehead atoms. The Morgan fingerprint density at radius 2 is 1.76 bits per heavy atom. The van der Waals surface area contributed by atoms with Crippen LogP contribution >= 0.6 is 0 Å². The molecule has 0 amide bonds. The second-order valence-electron chi connectivity index (χ2n) is 9.35. The van der Waals surface area contributed by atoms with Crippen LogP contribution in [0.15, 0.2) is 36.5 Å². The minimum absolute atomic E-state index is 0.0143. The number of aromatic nitrogens is 1. The summed E-state index contributed by atoms with van der Waals surface area (Å²) in [5, 5.41) is 25.9. The van der Waals surface area contributed by atoms with E-state index in [1.807, 2.05) is 0 Å². The predicted molar refractivity (Wildman–Crippen MR) is 131 cm³/mol. The van der Waals surface area contributed by atoms with Crippen LogP contribution in [-0.4, -0.2) is 41.5 Å². The highest BCUT2D eigenvalue weighted by Gasteiger charge is 2.39. The third-order valence-corrected chi connectivity index (χ3v) is 7.14. The number of fused-ring (bicyclic) bond motifs is 1. The summed E-state index contributed by atoms with van der Waals surface area (Å²) in [4.78, 5) is 4.09. The first-order chi connectivity index (χ1) is 17.7. The van der Waals surface area contributed by atoms with Gasteiger partial charge in [0.25, 0.3) is 0 Å². The Morgan fingerprint density at radius 1 is 1.05 bits per heavy atom. The molecule has 2 atom stereocenters. The molecule has 196 valence electrons. The maximum atomic E-state index is 14.8. The molecule has 1 fully saturated rings. The maximum Gasteiger partial charge on any atom is 0.194 e. The van der Waals surface area contributed by atoms with Crippen LogP contribution in [0.1, 0.15) is 49.3 Å². The number of nitrogens with zero attached hydrogens (tertiary/aromatic N) is 1. The molecule has 37 heavy (non-hydrogen) atoms. The minimum Gasteiger partial charge on any atom is -0.497 e. The van der Waals surface area contributed by atoms with Crippen molar-refractivity contribution in [2.24, 2.45) is 5.41 Å². The van der Waals surface area contributed by atoms with Crippen molar-refractivity contribution in [2.75, 3.05) is 20.2 Å². The van der Waals surface area contributed by atoms with Gasteiger partial charge in [-0.2, -0.15) is 0 Å². The molecule has 4 rings (SSSR count). The zero-order valence-electron chi connectivity index (χ0n) is 20.3. The molecule has 2 aromatic carbocycles. The van der Waals surface area contributed by atoms with Crippen LogP contribution in [0.4, 0.5) is 17.6 Å². The molecule has 1 aliphatic heterocycles. The standard InChI is InChI=1S/C28H28F4N2O3/c1-37-18-5-6-23-19(15-18)26(22(31)16-34-23)24(35)7-8-28(9-11-33-12-10-28)25(36)4-2-3-17-13-20(29)27(32)21(30)14-17/h5-6,13-16,24-25,33,35-36H,4,7-12H2,1H3/t24-,25+/m1/s1. The van der Waals surface area contributed by atoms with Crippen molar-refractivity contribution >= 4 is 10.9 Å². The van der Waals surface area contributed by atoms with Crippen LogP contribution in [0.25, 0.3) is 10.9 Å². The molecule has 1 saturated heterocycles. The molecule has 0 radical (unpaired) electrons. The van der Waals surface area contributed by atoms with E-state index in [0.29, 0.717) is 49.0 Å². The first-order valence-corrected chi connectivity index (χ1v) is 12.1. The normalized spacial score (nSPS) is 16.6. The van der Waals surface area contributed by atoms with E-state index in [1.165, 1.54) is 7.11 Å². The van der Waals surface area contributed by atoms with E-state index in [2.05, 4.69) is 22.1 Å². The number of methoxy groups -OCH3 is 1. The maximum absolute atomic E-state index is 14.8. The highest BCUT2D eigenvalue weighted by molar-refractivity contribution is 5.84. The van der Waals surface area contributed by atoms with Gasteiger partial charge in [0.05, 0.1) is 31.0 Å². The third kappa shape index (κ3) is 5.87. The number of aliphatic hydroxyl groups excluding tert-OH is 2. The fourth-order valence-corrected chi connectivity index (χ4v) is 4.97. The van der Waals surface area contributed by atoms with Crippen LogP contribution in [0.5, 0.6) is 5.75 Å². The zero-order valence-corrected chi connectivity index (χ0v) is 20.3. The van der Waals surface area contributed by atoms with Gasteiger partial charge in [0.2, 0.25) is 0 Å². The summed E-state index contributed by atoms with van der Waals surface area (Å²) in [6.07, 6.45) is 0.847. The Morgan fingerprint density at radius 3 is 2.43 bits per heavy atom. The van der Waals surface area contributed by atoms with Crippen molar-refractivity contribution in [1.82, 2.24) is 10.3 Å². The number of hydrogen-bond donors (Lipinski definition) is 3. The number of nitrogens with one attached hydrogen (secondary N) is 1. The fourth-order valence-electron chi connectivity index (χ4n) is 4.97. The largest absolute Gasteiger partial charge is 0.497 e. The number of ether oxygens (including phenoxy) is 1. The van der Waals surface area contributed by atoms with E-state index < -0.39 is 40.9 Å². The number of hydrogen-bond acceptors (Lipinski definition) is 5. The van der Waals surface area contributed by atoms with Crippen LogP contribution in [0.3, 0.4) is 0 Å².